The number of aliphatic hydroxyl groups is 1. The van der Waals surface area contributed by atoms with Crippen molar-refractivity contribution >= 4 is 22.8 Å². The molecule has 0 unspecified atom stereocenters. The van der Waals surface area contributed by atoms with Gasteiger partial charge in [0.15, 0.2) is 10.7 Å². The highest BCUT2D eigenvalue weighted by Gasteiger charge is 2.46. The van der Waals surface area contributed by atoms with E-state index in [1.165, 1.54) is 7.11 Å². The maximum Gasteiger partial charge on any atom is 0.338 e. The lowest BCUT2D eigenvalue weighted by Gasteiger charge is -2.31. The van der Waals surface area contributed by atoms with E-state index in [4.69, 9.17) is 0 Å². The van der Waals surface area contributed by atoms with Crippen molar-refractivity contribution in [3.63, 3.8) is 0 Å². The molecule has 0 heterocycles. The van der Waals surface area contributed by atoms with Crippen LogP contribution in [0.3, 0.4) is 0 Å². The van der Waals surface area contributed by atoms with E-state index in [1.54, 1.807) is 6.92 Å². The average molecular weight is 262 g/mol. The molecule has 0 aliphatic carbocycles. The van der Waals surface area contributed by atoms with Gasteiger partial charge in [-0.25, -0.2) is 4.79 Å². The Morgan fingerprint density at radius 3 is 2.24 bits per heavy atom. The summed E-state index contributed by atoms with van der Waals surface area (Å²) in [5.41, 5.74) is -1.72. The van der Waals surface area contributed by atoms with E-state index in [2.05, 4.69) is 4.74 Å². The number of esters is 1. The van der Waals surface area contributed by atoms with Crippen LogP contribution in [0.2, 0.25) is 0 Å². The van der Waals surface area contributed by atoms with Crippen molar-refractivity contribution in [2.45, 2.75) is 39.7 Å². The lowest BCUT2D eigenvalue weighted by atomic mass is 9.82. The molecule has 0 aliphatic rings. The van der Waals surface area contributed by atoms with Gasteiger partial charge in [-0.05, 0) is 18.1 Å². The van der Waals surface area contributed by atoms with E-state index in [9.17, 15) is 14.7 Å². The van der Waals surface area contributed by atoms with Gasteiger partial charge in [-0.2, -0.15) is 0 Å². The fourth-order valence-corrected chi connectivity index (χ4v) is 2.43. The van der Waals surface area contributed by atoms with Gasteiger partial charge in [0.1, 0.15) is 0 Å². The summed E-state index contributed by atoms with van der Waals surface area (Å²) in [6, 6.07) is 0. The molecule has 0 fully saturated rings. The topological polar surface area (TPSA) is 63.6 Å². The van der Waals surface area contributed by atoms with E-state index in [0.717, 1.165) is 11.8 Å². The minimum Gasteiger partial charge on any atom is -0.467 e. The normalized spacial score (nSPS) is 16.4. The second kappa shape index (κ2) is 7.01. The molecule has 0 aliphatic heterocycles. The van der Waals surface area contributed by atoms with Crippen LogP contribution < -0.4 is 0 Å². The summed E-state index contributed by atoms with van der Waals surface area (Å²) in [5.74, 6) is -0.769. The minimum absolute atomic E-state index is 0.0981. The van der Waals surface area contributed by atoms with E-state index >= 15 is 0 Å². The second-order valence-electron chi connectivity index (χ2n) is 4.49. The first-order valence-corrected chi connectivity index (χ1v) is 6.75. The van der Waals surface area contributed by atoms with Crippen molar-refractivity contribution in [2.24, 2.45) is 11.8 Å². The Labute approximate surface area is 107 Å². The van der Waals surface area contributed by atoms with E-state index in [1.807, 2.05) is 20.8 Å². The standard InChI is InChI=1S/C12H22O4S/c1-6-17-10(13)9(4)12(15,7-8(2)3)11(14)16-5/h8-9,15H,6-7H2,1-5H3/t9-,12+/m1/s1. The lowest BCUT2D eigenvalue weighted by Crippen LogP contribution is -2.49. The van der Waals surface area contributed by atoms with Crippen LogP contribution >= 0.6 is 11.8 Å². The smallest absolute Gasteiger partial charge is 0.338 e. The highest BCUT2D eigenvalue weighted by molar-refractivity contribution is 8.13. The molecule has 5 heteroatoms. The summed E-state index contributed by atoms with van der Waals surface area (Å²) in [6.45, 7) is 7.20. The van der Waals surface area contributed by atoms with Gasteiger partial charge in [-0.3, -0.25) is 4.79 Å². The highest BCUT2D eigenvalue weighted by Crippen LogP contribution is 2.30. The number of thioether (sulfide) groups is 1. The van der Waals surface area contributed by atoms with Gasteiger partial charge in [-0.15, -0.1) is 0 Å². The quantitative estimate of drug-likeness (QED) is 0.740. The predicted octanol–water partition coefficient (Wildman–Crippen LogP) is 1.85. The molecule has 0 saturated carbocycles. The maximum atomic E-state index is 11.8. The molecule has 0 aromatic rings. The zero-order valence-corrected chi connectivity index (χ0v) is 12.0. The van der Waals surface area contributed by atoms with E-state index in [-0.39, 0.29) is 17.5 Å². The number of rotatable bonds is 6. The van der Waals surface area contributed by atoms with Crippen molar-refractivity contribution in [1.82, 2.24) is 0 Å². The zero-order chi connectivity index (χ0) is 13.6. The number of ether oxygens (including phenoxy) is 1. The molecule has 0 aromatic heterocycles. The largest absolute Gasteiger partial charge is 0.467 e. The Bertz CT molecular complexity index is 278. The molecule has 100 valence electrons. The van der Waals surface area contributed by atoms with E-state index in [0.29, 0.717) is 5.75 Å². The van der Waals surface area contributed by atoms with Crippen molar-refractivity contribution in [1.29, 1.82) is 0 Å². The molecule has 0 saturated heterocycles. The minimum atomic E-state index is -1.72. The number of hydrogen-bond donors (Lipinski definition) is 1. The van der Waals surface area contributed by atoms with Gasteiger partial charge in [0, 0.05) is 0 Å². The Morgan fingerprint density at radius 1 is 1.35 bits per heavy atom. The zero-order valence-electron chi connectivity index (χ0n) is 11.1. The molecule has 0 bridgehead atoms. The Balaban J connectivity index is 5.03. The highest BCUT2D eigenvalue weighted by atomic mass is 32.2. The summed E-state index contributed by atoms with van der Waals surface area (Å²) in [4.78, 5) is 23.5. The van der Waals surface area contributed by atoms with Crippen molar-refractivity contribution < 1.29 is 19.4 Å². The average Bonchev–Trinajstić information content (AvgIpc) is 2.26. The van der Waals surface area contributed by atoms with Gasteiger partial charge >= 0.3 is 5.97 Å². The van der Waals surface area contributed by atoms with Gasteiger partial charge in [0.25, 0.3) is 0 Å². The molecule has 2 atom stereocenters. The first-order valence-electron chi connectivity index (χ1n) is 5.77. The van der Waals surface area contributed by atoms with Gasteiger partial charge < -0.3 is 9.84 Å². The Kier molecular flexibility index (Phi) is 6.78. The number of hydrogen-bond acceptors (Lipinski definition) is 5. The van der Waals surface area contributed by atoms with Crippen LogP contribution in [0, 0.1) is 11.8 Å². The summed E-state index contributed by atoms with van der Waals surface area (Å²) in [5, 5.41) is 10.2. The molecule has 0 spiro atoms. The number of carbonyl (C=O) groups excluding carboxylic acids is 2. The summed E-state index contributed by atoms with van der Waals surface area (Å²) >= 11 is 1.11. The Hall–Kier alpha value is -0.550. The predicted molar refractivity (Wildman–Crippen MR) is 68.7 cm³/mol. The first kappa shape index (κ1) is 16.4. The molecule has 4 nitrogen and oxygen atoms in total. The molecule has 0 rings (SSSR count). The van der Waals surface area contributed by atoms with Crippen LogP contribution in [-0.4, -0.2) is 34.7 Å². The molecular formula is C12H22O4S. The number of methoxy groups -OCH3 is 1. The monoisotopic (exact) mass is 262 g/mol. The van der Waals surface area contributed by atoms with Crippen LogP contribution in [-0.2, 0) is 14.3 Å². The Morgan fingerprint density at radius 2 is 1.88 bits per heavy atom. The third kappa shape index (κ3) is 4.32. The van der Waals surface area contributed by atoms with Crippen LogP contribution in [0.1, 0.15) is 34.1 Å². The summed E-state index contributed by atoms with van der Waals surface area (Å²) in [6.07, 6.45) is 0.219. The molecule has 0 radical (unpaired) electrons. The SMILES string of the molecule is CCSC(=O)[C@@H](C)[C@@](O)(CC(C)C)C(=O)OC. The molecular weight excluding hydrogens is 240 g/mol. The van der Waals surface area contributed by atoms with Gasteiger partial charge in [-0.1, -0.05) is 39.5 Å². The third-order valence-electron chi connectivity index (χ3n) is 2.61. The number of carbonyl (C=O) groups is 2. The van der Waals surface area contributed by atoms with Gasteiger partial charge in [0.05, 0.1) is 13.0 Å². The molecule has 17 heavy (non-hydrogen) atoms. The van der Waals surface area contributed by atoms with Crippen LogP contribution in [0.15, 0.2) is 0 Å². The van der Waals surface area contributed by atoms with Crippen molar-refractivity contribution in [3.05, 3.63) is 0 Å². The maximum absolute atomic E-state index is 11.8. The van der Waals surface area contributed by atoms with E-state index < -0.39 is 17.5 Å². The molecule has 1 N–H and O–H groups in total. The fraction of sp³-hybridized carbons (Fsp3) is 0.833. The summed E-state index contributed by atoms with van der Waals surface area (Å²) < 4.78 is 4.62. The third-order valence-corrected chi connectivity index (χ3v) is 3.54. The fourth-order valence-electron chi connectivity index (χ4n) is 1.70. The van der Waals surface area contributed by atoms with Crippen molar-refractivity contribution in [3.8, 4) is 0 Å². The molecule has 0 aromatic carbocycles. The van der Waals surface area contributed by atoms with Crippen LogP contribution in [0.25, 0.3) is 0 Å². The first-order chi connectivity index (χ1) is 7.79. The van der Waals surface area contributed by atoms with Crippen LogP contribution in [0.5, 0.6) is 0 Å². The van der Waals surface area contributed by atoms with Gasteiger partial charge in [0.2, 0.25) is 0 Å². The van der Waals surface area contributed by atoms with Crippen molar-refractivity contribution in [2.75, 3.05) is 12.9 Å². The second-order valence-corrected chi connectivity index (χ2v) is 5.76. The summed E-state index contributed by atoms with van der Waals surface area (Å²) in [7, 11) is 1.22. The molecule has 0 amide bonds. The lowest BCUT2D eigenvalue weighted by molar-refractivity contribution is -0.171. The van der Waals surface area contributed by atoms with Crippen LogP contribution in [0.4, 0.5) is 0 Å².